The second-order valence-electron chi connectivity index (χ2n) is 7.56. The van der Waals surface area contributed by atoms with Gasteiger partial charge in [-0.3, -0.25) is 4.57 Å². The second-order valence-corrected chi connectivity index (χ2v) is 8.80. The van der Waals surface area contributed by atoms with Gasteiger partial charge in [-0.05, 0) is 64.6 Å². The summed E-state index contributed by atoms with van der Waals surface area (Å²) in [5, 5.41) is 2.58. The van der Waals surface area contributed by atoms with E-state index in [9.17, 15) is 0 Å². The molecule has 4 rings (SSSR count). The molecule has 24 heavy (non-hydrogen) atoms. The van der Waals surface area contributed by atoms with Gasteiger partial charge >= 0.3 is 0 Å². The Morgan fingerprint density at radius 3 is 2.58 bits per heavy atom. The van der Waals surface area contributed by atoms with Crippen LogP contribution in [0.25, 0.3) is 27.6 Å². The third-order valence-electron chi connectivity index (χ3n) is 4.91. The van der Waals surface area contributed by atoms with E-state index in [0.29, 0.717) is 5.92 Å². The molecule has 1 unspecified atom stereocenters. The first kappa shape index (κ1) is 15.9. The number of fused-ring (bicyclic) bond motifs is 3. The van der Waals surface area contributed by atoms with Gasteiger partial charge in [0.1, 0.15) is 5.82 Å². The molecular weight excluding hydrogens is 407 g/mol. The highest BCUT2D eigenvalue weighted by atomic mass is 127. The number of benzene rings is 2. The van der Waals surface area contributed by atoms with Crippen molar-refractivity contribution in [3.8, 4) is 0 Å². The number of para-hydroxylation sites is 1. The van der Waals surface area contributed by atoms with E-state index >= 15 is 0 Å². The smallest absolute Gasteiger partial charge is 0.133 e. The number of allylic oxidation sites excluding steroid dienone is 1. The van der Waals surface area contributed by atoms with E-state index < -0.39 is 0 Å². The summed E-state index contributed by atoms with van der Waals surface area (Å²) in [6.07, 6.45) is 5.45. The Kier molecular flexibility index (Phi) is 3.79. The van der Waals surface area contributed by atoms with E-state index in [1.54, 1.807) is 0 Å². The maximum absolute atomic E-state index is 4.76. The summed E-state index contributed by atoms with van der Waals surface area (Å²) in [7, 11) is 0. The summed E-state index contributed by atoms with van der Waals surface area (Å²) < 4.78 is 3.57. The van der Waals surface area contributed by atoms with Gasteiger partial charge in [0.25, 0.3) is 0 Å². The van der Waals surface area contributed by atoms with E-state index in [0.717, 1.165) is 12.2 Å². The van der Waals surface area contributed by atoms with E-state index in [1.165, 1.54) is 25.4 Å². The molecule has 2 heterocycles. The zero-order valence-electron chi connectivity index (χ0n) is 14.3. The fourth-order valence-corrected chi connectivity index (χ4v) is 3.95. The molecule has 1 aliphatic heterocycles. The van der Waals surface area contributed by atoms with Crippen molar-refractivity contribution in [1.82, 2.24) is 4.57 Å². The Labute approximate surface area is 156 Å². The van der Waals surface area contributed by atoms with Crippen LogP contribution in [-0.4, -0.2) is 10.8 Å². The van der Waals surface area contributed by atoms with Crippen molar-refractivity contribution in [2.24, 2.45) is 16.3 Å². The van der Waals surface area contributed by atoms with Crippen molar-refractivity contribution in [3.63, 3.8) is 0 Å². The molecule has 3 heteroatoms. The van der Waals surface area contributed by atoms with Crippen molar-refractivity contribution < 1.29 is 0 Å². The first-order valence-electron chi connectivity index (χ1n) is 8.38. The average molecular weight is 428 g/mol. The SMILES string of the molecule is CC(C)(C)C1C=C(n2c3ccccc3c3ccc(I)cc32)N=CC1. The van der Waals surface area contributed by atoms with Gasteiger partial charge in [0.15, 0.2) is 0 Å². The highest BCUT2D eigenvalue weighted by Crippen LogP contribution is 2.37. The maximum atomic E-state index is 4.76. The van der Waals surface area contributed by atoms with Crippen molar-refractivity contribution in [2.45, 2.75) is 27.2 Å². The standard InChI is InChI=1S/C21H21IN2/c1-21(2,3)14-10-11-23-20(12-14)24-18-7-5-4-6-16(18)17-9-8-15(22)13-19(17)24/h4-9,11-14H,10H2,1-3H3. The van der Waals surface area contributed by atoms with Crippen molar-refractivity contribution >= 4 is 56.4 Å². The predicted octanol–water partition coefficient (Wildman–Crippen LogP) is 6.33. The second kappa shape index (κ2) is 5.73. The van der Waals surface area contributed by atoms with Crippen LogP contribution in [0.15, 0.2) is 53.5 Å². The van der Waals surface area contributed by atoms with Crippen molar-refractivity contribution in [2.75, 3.05) is 0 Å². The first-order chi connectivity index (χ1) is 11.4. The molecule has 0 spiro atoms. The molecule has 122 valence electrons. The van der Waals surface area contributed by atoms with Crippen LogP contribution in [0.4, 0.5) is 0 Å². The summed E-state index contributed by atoms with van der Waals surface area (Å²) in [4.78, 5) is 4.76. The van der Waals surface area contributed by atoms with Gasteiger partial charge in [-0.15, -0.1) is 0 Å². The molecule has 0 bridgehead atoms. The number of aromatic nitrogens is 1. The average Bonchev–Trinajstić information content (AvgIpc) is 2.87. The number of hydrogen-bond donors (Lipinski definition) is 0. The van der Waals surface area contributed by atoms with Crippen LogP contribution >= 0.6 is 22.6 Å². The van der Waals surface area contributed by atoms with Crippen LogP contribution in [0.1, 0.15) is 27.2 Å². The Bertz CT molecular complexity index is 986. The normalized spacial score (nSPS) is 18.3. The van der Waals surface area contributed by atoms with Gasteiger partial charge in [0.2, 0.25) is 0 Å². The minimum atomic E-state index is 0.241. The molecule has 0 aliphatic carbocycles. The van der Waals surface area contributed by atoms with Crippen LogP contribution in [0.3, 0.4) is 0 Å². The third-order valence-corrected chi connectivity index (χ3v) is 5.58. The highest BCUT2D eigenvalue weighted by Gasteiger charge is 2.25. The van der Waals surface area contributed by atoms with Crippen LogP contribution in [0.5, 0.6) is 0 Å². The number of hydrogen-bond acceptors (Lipinski definition) is 1. The third kappa shape index (κ3) is 2.59. The van der Waals surface area contributed by atoms with Crippen LogP contribution in [0.2, 0.25) is 0 Å². The molecule has 0 saturated carbocycles. The number of rotatable bonds is 1. The van der Waals surface area contributed by atoms with E-state index in [-0.39, 0.29) is 5.41 Å². The molecule has 1 aromatic heterocycles. The van der Waals surface area contributed by atoms with Gasteiger partial charge in [0.05, 0.1) is 11.0 Å². The van der Waals surface area contributed by atoms with Crippen molar-refractivity contribution in [1.29, 1.82) is 0 Å². The first-order valence-corrected chi connectivity index (χ1v) is 9.46. The van der Waals surface area contributed by atoms with Gasteiger partial charge < -0.3 is 0 Å². The van der Waals surface area contributed by atoms with E-state index in [1.807, 2.05) is 0 Å². The summed E-state index contributed by atoms with van der Waals surface area (Å²) in [5.74, 6) is 1.55. The number of halogens is 1. The lowest BCUT2D eigenvalue weighted by Crippen LogP contribution is -2.21. The predicted molar refractivity (Wildman–Crippen MR) is 112 cm³/mol. The fourth-order valence-electron chi connectivity index (χ4n) is 3.48. The summed E-state index contributed by atoms with van der Waals surface area (Å²) in [6.45, 7) is 6.92. The topological polar surface area (TPSA) is 17.3 Å². The minimum absolute atomic E-state index is 0.241. The Morgan fingerprint density at radius 1 is 1.04 bits per heavy atom. The molecule has 0 fully saturated rings. The molecule has 2 aromatic carbocycles. The molecule has 0 saturated heterocycles. The number of nitrogens with zero attached hydrogens (tertiary/aromatic N) is 2. The molecule has 1 aliphatic rings. The van der Waals surface area contributed by atoms with Gasteiger partial charge in [-0.1, -0.05) is 45.0 Å². The summed E-state index contributed by atoms with van der Waals surface area (Å²) >= 11 is 2.39. The molecule has 1 atom stereocenters. The molecule has 2 nitrogen and oxygen atoms in total. The Hall–Kier alpha value is -1.62. The van der Waals surface area contributed by atoms with Gasteiger partial charge in [-0.25, -0.2) is 4.99 Å². The van der Waals surface area contributed by atoms with E-state index in [4.69, 9.17) is 4.99 Å². The molecule has 0 amide bonds. The summed E-state index contributed by atoms with van der Waals surface area (Å²) in [6, 6.07) is 15.3. The zero-order chi connectivity index (χ0) is 16.9. The monoisotopic (exact) mass is 428 g/mol. The lowest BCUT2D eigenvalue weighted by atomic mass is 9.78. The lowest BCUT2D eigenvalue weighted by Gasteiger charge is -2.29. The molecular formula is C21H21IN2. The molecule has 3 aromatic rings. The van der Waals surface area contributed by atoms with Gasteiger partial charge in [-0.2, -0.15) is 0 Å². The van der Waals surface area contributed by atoms with Gasteiger partial charge in [0, 0.05) is 20.6 Å². The lowest BCUT2D eigenvalue weighted by molar-refractivity contribution is 0.300. The maximum Gasteiger partial charge on any atom is 0.133 e. The number of aliphatic imine (C=N–C) groups is 1. The van der Waals surface area contributed by atoms with E-state index in [2.05, 4.69) is 103 Å². The van der Waals surface area contributed by atoms with Crippen LogP contribution in [-0.2, 0) is 0 Å². The largest absolute Gasteiger partial charge is 0.294 e. The van der Waals surface area contributed by atoms with Crippen LogP contribution in [0, 0.1) is 14.9 Å². The zero-order valence-corrected chi connectivity index (χ0v) is 16.4. The Morgan fingerprint density at radius 2 is 1.79 bits per heavy atom. The van der Waals surface area contributed by atoms with Crippen LogP contribution < -0.4 is 0 Å². The minimum Gasteiger partial charge on any atom is -0.294 e. The quantitative estimate of drug-likeness (QED) is 0.403. The summed E-state index contributed by atoms with van der Waals surface area (Å²) in [5.41, 5.74) is 2.71. The molecule has 0 radical (unpaired) electrons. The Balaban J connectivity index is 2.03. The molecule has 0 N–H and O–H groups in total. The fraction of sp³-hybridized carbons (Fsp3) is 0.286. The van der Waals surface area contributed by atoms with Crippen molar-refractivity contribution in [3.05, 3.63) is 52.1 Å². The highest BCUT2D eigenvalue weighted by molar-refractivity contribution is 14.1.